The molecule has 0 amide bonds. The molecule has 266 valence electrons. The molecule has 0 radical (unpaired) electrons. The molecule has 0 bridgehead atoms. The Hall–Kier alpha value is -6.71. The maximum Gasteiger partial charge on any atom is 0.165 e. The van der Waals surface area contributed by atoms with Crippen LogP contribution >= 0.6 is 34.0 Å². The van der Waals surface area contributed by atoms with Gasteiger partial charge in [0.2, 0.25) is 0 Å². The van der Waals surface area contributed by atoms with E-state index in [9.17, 15) is 0 Å². The lowest BCUT2D eigenvalue weighted by molar-refractivity contribution is 1.08. The molecular formula is C49H27N5S3. The number of fused-ring (bicyclic) bond motifs is 9. The minimum Gasteiger partial charge on any atom is -0.226 e. The summed E-state index contributed by atoms with van der Waals surface area (Å²) in [5, 5.41) is 5.88. The molecule has 0 aliphatic heterocycles. The fourth-order valence-electron chi connectivity index (χ4n) is 7.92. The Balaban J connectivity index is 1.05. The topological polar surface area (TPSA) is 64.5 Å². The fourth-order valence-corrected chi connectivity index (χ4v) is 11.5. The summed E-state index contributed by atoms with van der Waals surface area (Å²) < 4.78 is 7.06. The van der Waals surface area contributed by atoms with Gasteiger partial charge in [-0.2, -0.15) is 0 Å². The molecule has 8 heteroatoms. The van der Waals surface area contributed by atoms with Gasteiger partial charge in [0.1, 0.15) is 0 Å². The number of rotatable bonds is 5. The summed E-state index contributed by atoms with van der Waals surface area (Å²) >= 11 is 5.31. The molecule has 0 N–H and O–H groups in total. The first-order valence-corrected chi connectivity index (χ1v) is 21.1. The molecule has 0 unspecified atom stereocenters. The highest BCUT2D eigenvalue weighted by atomic mass is 32.1. The van der Waals surface area contributed by atoms with E-state index in [1.54, 1.807) is 34.0 Å². The molecule has 5 nitrogen and oxygen atoms in total. The number of nitrogens with zero attached hydrogens (tertiary/aromatic N) is 5. The molecule has 0 aliphatic rings. The van der Waals surface area contributed by atoms with Gasteiger partial charge >= 0.3 is 0 Å². The van der Waals surface area contributed by atoms with Crippen molar-refractivity contribution in [1.29, 1.82) is 0 Å². The SMILES string of the molecule is c1ccc(-c2nc(-c3cccc4c3sc3cc(-c5nc(-c6ccccc6)c6sc7ccccc7c6n5)ccc34)nc(-c3cccc4sc5ccccc5c34)n2)cc1. The summed E-state index contributed by atoms with van der Waals surface area (Å²) in [5.74, 6) is 2.68. The maximum absolute atomic E-state index is 5.28. The Morgan fingerprint density at radius 2 is 0.912 bits per heavy atom. The Morgan fingerprint density at radius 3 is 1.74 bits per heavy atom. The van der Waals surface area contributed by atoms with Crippen LogP contribution in [0.2, 0.25) is 0 Å². The summed E-state index contributed by atoms with van der Waals surface area (Å²) in [6, 6.07) is 57.2. The standard InChI is InChI=1S/C49H27N5S3/c1-3-13-28(14-4-1)42-45-43(34-18-8-10-23-38(34)56-45)51-47(50-42)30-25-26-31-32-19-11-21-36(44(32)57-40(31)27-30)49-53-46(29-15-5-2-6-16-29)52-48(54-49)35-20-12-24-39-41(35)33-17-7-9-22-37(33)55-39/h1-27H. The lowest BCUT2D eigenvalue weighted by Gasteiger charge is -2.10. The molecule has 7 aromatic carbocycles. The van der Waals surface area contributed by atoms with Gasteiger partial charge in [0.25, 0.3) is 0 Å². The van der Waals surface area contributed by atoms with E-state index in [4.69, 9.17) is 24.9 Å². The molecule has 0 atom stereocenters. The van der Waals surface area contributed by atoms with E-state index in [-0.39, 0.29) is 0 Å². The number of aromatic nitrogens is 5. The van der Waals surface area contributed by atoms with Gasteiger partial charge in [-0.25, -0.2) is 24.9 Å². The highest BCUT2D eigenvalue weighted by molar-refractivity contribution is 7.27. The molecule has 0 aliphatic carbocycles. The quantitative estimate of drug-likeness (QED) is 0.174. The third-order valence-electron chi connectivity index (χ3n) is 10.6. The summed E-state index contributed by atoms with van der Waals surface area (Å²) in [4.78, 5) is 26.1. The third kappa shape index (κ3) is 5.29. The van der Waals surface area contributed by atoms with Crippen LogP contribution in [0.5, 0.6) is 0 Å². The van der Waals surface area contributed by atoms with Crippen LogP contribution in [0.1, 0.15) is 0 Å². The summed E-state index contributed by atoms with van der Waals surface area (Å²) in [7, 11) is 0. The van der Waals surface area contributed by atoms with E-state index in [0.717, 1.165) is 58.5 Å². The van der Waals surface area contributed by atoms with Crippen molar-refractivity contribution in [2.24, 2.45) is 0 Å². The van der Waals surface area contributed by atoms with Crippen molar-refractivity contribution in [2.75, 3.05) is 0 Å². The molecule has 12 aromatic rings. The third-order valence-corrected chi connectivity index (χ3v) is 14.1. The highest BCUT2D eigenvalue weighted by Gasteiger charge is 2.21. The van der Waals surface area contributed by atoms with Gasteiger partial charge < -0.3 is 0 Å². The van der Waals surface area contributed by atoms with Crippen molar-refractivity contribution >= 4 is 94.7 Å². The molecule has 0 fully saturated rings. The van der Waals surface area contributed by atoms with Gasteiger partial charge in [0, 0.05) is 78.2 Å². The van der Waals surface area contributed by atoms with E-state index < -0.39 is 0 Å². The van der Waals surface area contributed by atoms with Crippen LogP contribution in [0.4, 0.5) is 0 Å². The summed E-state index contributed by atoms with van der Waals surface area (Å²) in [5.41, 5.74) is 6.94. The van der Waals surface area contributed by atoms with Crippen LogP contribution in [-0.2, 0) is 0 Å². The fraction of sp³-hybridized carbons (Fsp3) is 0. The Kier molecular flexibility index (Phi) is 7.38. The molecule has 0 saturated heterocycles. The monoisotopic (exact) mass is 781 g/mol. The Labute approximate surface area is 338 Å². The first-order valence-electron chi connectivity index (χ1n) is 18.7. The van der Waals surface area contributed by atoms with E-state index in [0.29, 0.717) is 23.3 Å². The first kappa shape index (κ1) is 32.5. The largest absolute Gasteiger partial charge is 0.226 e. The molecule has 5 heterocycles. The number of hydrogen-bond donors (Lipinski definition) is 0. The minimum absolute atomic E-state index is 0.648. The molecule has 0 saturated carbocycles. The number of benzene rings is 7. The summed E-state index contributed by atoms with van der Waals surface area (Å²) in [6.45, 7) is 0. The zero-order valence-corrected chi connectivity index (χ0v) is 32.5. The van der Waals surface area contributed by atoms with E-state index in [1.165, 1.54) is 35.6 Å². The van der Waals surface area contributed by atoms with Gasteiger partial charge in [0.15, 0.2) is 23.3 Å². The lowest BCUT2D eigenvalue weighted by atomic mass is 10.0. The highest BCUT2D eigenvalue weighted by Crippen LogP contribution is 2.44. The van der Waals surface area contributed by atoms with E-state index >= 15 is 0 Å². The normalized spacial score (nSPS) is 11.9. The first-order chi connectivity index (χ1) is 28.2. The van der Waals surface area contributed by atoms with Crippen LogP contribution in [0.15, 0.2) is 164 Å². The van der Waals surface area contributed by atoms with Gasteiger partial charge in [-0.15, -0.1) is 34.0 Å². The van der Waals surface area contributed by atoms with E-state index in [1.807, 2.05) is 24.3 Å². The van der Waals surface area contributed by atoms with Crippen LogP contribution in [0, 0.1) is 0 Å². The van der Waals surface area contributed by atoms with Gasteiger partial charge in [-0.3, -0.25) is 0 Å². The van der Waals surface area contributed by atoms with Crippen molar-refractivity contribution in [3.05, 3.63) is 164 Å². The second kappa shape index (κ2) is 12.9. The zero-order chi connectivity index (χ0) is 37.5. The van der Waals surface area contributed by atoms with Crippen LogP contribution in [0.25, 0.3) is 117 Å². The molecule has 0 spiro atoms. The minimum atomic E-state index is 0.648. The Bertz CT molecular complexity index is 3530. The molecule has 57 heavy (non-hydrogen) atoms. The Morgan fingerprint density at radius 1 is 0.316 bits per heavy atom. The maximum atomic E-state index is 5.28. The van der Waals surface area contributed by atoms with Gasteiger partial charge in [0.05, 0.1) is 15.9 Å². The smallest absolute Gasteiger partial charge is 0.165 e. The van der Waals surface area contributed by atoms with Crippen molar-refractivity contribution < 1.29 is 0 Å². The predicted octanol–water partition coefficient (Wildman–Crippen LogP) is 14.1. The summed E-state index contributed by atoms with van der Waals surface area (Å²) in [6.07, 6.45) is 0. The average molecular weight is 782 g/mol. The second-order valence-electron chi connectivity index (χ2n) is 14.0. The molecule has 5 aromatic heterocycles. The van der Waals surface area contributed by atoms with Gasteiger partial charge in [-0.05, 0) is 30.3 Å². The second-order valence-corrected chi connectivity index (χ2v) is 17.2. The van der Waals surface area contributed by atoms with Crippen molar-refractivity contribution in [1.82, 2.24) is 24.9 Å². The number of hydrogen-bond acceptors (Lipinski definition) is 8. The zero-order valence-electron chi connectivity index (χ0n) is 30.0. The van der Waals surface area contributed by atoms with Crippen molar-refractivity contribution in [3.8, 4) is 56.8 Å². The molecule has 12 rings (SSSR count). The predicted molar refractivity (Wildman–Crippen MR) is 241 cm³/mol. The van der Waals surface area contributed by atoms with Crippen molar-refractivity contribution in [2.45, 2.75) is 0 Å². The van der Waals surface area contributed by atoms with Gasteiger partial charge in [-0.1, -0.05) is 133 Å². The molecular weight excluding hydrogens is 755 g/mol. The van der Waals surface area contributed by atoms with Crippen LogP contribution in [0.3, 0.4) is 0 Å². The van der Waals surface area contributed by atoms with Crippen LogP contribution < -0.4 is 0 Å². The lowest BCUT2D eigenvalue weighted by Crippen LogP contribution is -2.00. The van der Waals surface area contributed by atoms with E-state index in [2.05, 4.69) is 140 Å². The van der Waals surface area contributed by atoms with Crippen molar-refractivity contribution in [3.63, 3.8) is 0 Å². The average Bonchev–Trinajstić information content (AvgIpc) is 3.97. The van der Waals surface area contributed by atoms with Crippen LogP contribution in [-0.4, -0.2) is 24.9 Å². The number of thiophene rings is 3.